The molecule has 7 nitrogen and oxygen atoms in total. The van der Waals surface area contributed by atoms with Crippen molar-refractivity contribution >= 4 is 11.9 Å². The lowest BCUT2D eigenvalue weighted by Crippen LogP contribution is -2.46. The molecule has 1 unspecified atom stereocenters. The first-order valence-electron chi connectivity index (χ1n) is 8.48. The van der Waals surface area contributed by atoms with Crippen molar-refractivity contribution in [3.05, 3.63) is 17.8 Å². The van der Waals surface area contributed by atoms with E-state index in [0.717, 1.165) is 37.7 Å². The summed E-state index contributed by atoms with van der Waals surface area (Å²) in [6, 6.07) is 0. The van der Waals surface area contributed by atoms with E-state index >= 15 is 0 Å². The molecule has 7 heteroatoms. The van der Waals surface area contributed by atoms with Crippen molar-refractivity contribution in [1.82, 2.24) is 15.2 Å². The van der Waals surface area contributed by atoms with Crippen molar-refractivity contribution in [3.63, 3.8) is 0 Å². The van der Waals surface area contributed by atoms with Gasteiger partial charge in [0, 0.05) is 32.0 Å². The van der Waals surface area contributed by atoms with E-state index in [0.29, 0.717) is 24.8 Å². The van der Waals surface area contributed by atoms with Crippen LogP contribution in [0.4, 0.5) is 0 Å². The number of piperidine rings is 1. The SMILES string of the molecule is CN=C(NCc1ncc(C(C)(C)C)o1)N1CCCC(CC(N)=O)C1. The van der Waals surface area contributed by atoms with Crippen molar-refractivity contribution < 1.29 is 9.21 Å². The standard InChI is InChI=1S/C17H29N5O2/c1-17(2,3)13-9-20-15(24-13)10-21-16(19-4)22-7-5-6-12(11-22)8-14(18)23/h9,12H,5-8,10-11H2,1-4H3,(H2,18,23)(H,19,21). The first kappa shape index (κ1) is 18.3. The summed E-state index contributed by atoms with van der Waals surface area (Å²) in [4.78, 5) is 22.0. The van der Waals surface area contributed by atoms with Crippen LogP contribution in [-0.2, 0) is 16.8 Å². The zero-order valence-electron chi connectivity index (χ0n) is 15.1. The van der Waals surface area contributed by atoms with Crippen LogP contribution in [-0.4, -0.2) is 41.9 Å². The second kappa shape index (κ2) is 7.68. The highest BCUT2D eigenvalue weighted by molar-refractivity contribution is 5.80. The summed E-state index contributed by atoms with van der Waals surface area (Å²) >= 11 is 0. The number of nitrogens with one attached hydrogen (secondary N) is 1. The van der Waals surface area contributed by atoms with Gasteiger partial charge in [-0.3, -0.25) is 9.79 Å². The van der Waals surface area contributed by atoms with Crippen molar-refractivity contribution in [2.24, 2.45) is 16.6 Å². The lowest BCUT2D eigenvalue weighted by atomic mass is 9.94. The Morgan fingerprint density at radius 2 is 2.29 bits per heavy atom. The molecule has 1 aliphatic heterocycles. The van der Waals surface area contributed by atoms with Crippen LogP contribution < -0.4 is 11.1 Å². The number of guanidine groups is 1. The quantitative estimate of drug-likeness (QED) is 0.644. The molecule has 1 aromatic heterocycles. The molecule has 0 aliphatic carbocycles. The number of hydrogen-bond donors (Lipinski definition) is 2. The molecule has 1 aliphatic rings. The molecule has 2 heterocycles. The van der Waals surface area contributed by atoms with Crippen LogP contribution in [0.2, 0.25) is 0 Å². The van der Waals surface area contributed by atoms with Crippen LogP contribution in [0.1, 0.15) is 51.7 Å². The molecule has 1 atom stereocenters. The Kier molecular flexibility index (Phi) is 5.85. The van der Waals surface area contributed by atoms with E-state index in [1.165, 1.54) is 0 Å². The zero-order chi connectivity index (χ0) is 17.7. The maximum Gasteiger partial charge on any atom is 0.217 e. The number of likely N-dealkylation sites (tertiary alicyclic amines) is 1. The maximum atomic E-state index is 11.1. The third-order valence-electron chi connectivity index (χ3n) is 4.21. The van der Waals surface area contributed by atoms with Gasteiger partial charge >= 0.3 is 0 Å². The average molecular weight is 335 g/mol. The number of rotatable bonds is 4. The molecule has 1 amide bonds. The van der Waals surface area contributed by atoms with Gasteiger partial charge in [0.15, 0.2) is 5.96 Å². The molecule has 0 aromatic carbocycles. The second-order valence-corrected chi connectivity index (χ2v) is 7.39. The molecule has 1 saturated heterocycles. The Balaban J connectivity index is 1.92. The van der Waals surface area contributed by atoms with Gasteiger partial charge in [-0.2, -0.15) is 0 Å². The molecule has 2 rings (SSSR count). The summed E-state index contributed by atoms with van der Waals surface area (Å²) in [7, 11) is 1.76. The van der Waals surface area contributed by atoms with Gasteiger partial charge in [0.25, 0.3) is 0 Å². The van der Waals surface area contributed by atoms with Crippen LogP contribution in [0.25, 0.3) is 0 Å². The number of amides is 1. The van der Waals surface area contributed by atoms with E-state index < -0.39 is 0 Å². The second-order valence-electron chi connectivity index (χ2n) is 7.39. The molecular formula is C17H29N5O2. The number of carbonyl (C=O) groups excluding carboxylic acids is 1. The molecule has 1 fully saturated rings. The number of aromatic nitrogens is 1. The van der Waals surface area contributed by atoms with Crippen molar-refractivity contribution in [2.45, 2.75) is 52.0 Å². The summed E-state index contributed by atoms with van der Waals surface area (Å²) in [6.45, 7) is 8.48. The zero-order valence-corrected chi connectivity index (χ0v) is 15.1. The molecule has 0 radical (unpaired) electrons. The van der Waals surface area contributed by atoms with Gasteiger partial charge in [-0.1, -0.05) is 20.8 Å². The lowest BCUT2D eigenvalue weighted by molar-refractivity contribution is -0.119. The highest BCUT2D eigenvalue weighted by atomic mass is 16.4. The van der Waals surface area contributed by atoms with Crippen LogP contribution in [0.15, 0.2) is 15.6 Å². The van der Waals surface area contributed by atoms with Crippen LogP contribution in [0, 0.1) is 5.92 Å². The van der Waals surface area contributed by atoms with Crippen molar-refractivity contribution in [3.8, 4) is 0 Å². The van der Waals surface area contributed by atoms with Gasteiger partial charge in [-0.25, -0.2) is 4.98 Å². The summed E-state index contributed by atoms with van der Waals surface area (Å²) in [5.74, 6) is 2.38. The fourth-order valence-corrected chi connectivity index (χ4v) is 2.93. The topological polar surface area (TPSA) is 96.8 Å². The van der Waals surface area contributed by atoms with Gasteiger partial charge in [0.2, 0.25) is 11.8 Å². The lowest BCUT2D eigenvalue weighted by Gasteiger charge is -2.34. The largest absolute Gasteiger partial charge is 0.443 e. The molecule has 24 heavy (non-hydrogen) atoms. The van der Waals surface area contributed by atoms with Crippen molar-refractivity contribution in [2.75, 3.05) is 20.1 Å². The van der Waals surface area contributed by atoms with E-state index in [-0.39, 0.29) is 11.3 Å². The number of carbonyl (C=O) groups is 1. The molecule has 3 N–H and O–H groups in total. The van der Waals surface area contributed by atoms with Crippen molar-refractivity contribution in [1.29, 1.82) is 0 Å². The summed E-state index contributed by atoms with van der Waals surface area (Å²) in [6.07, 6.45) is 4.28. The maximum absolute atomic E-state index is 11.1. The fraction of sp³-hybridized carbons (Fsp3) is 0.706. The molecule has 0 bridgehead atoms. The predicted molar refractivity (Wildman–Crippen MR) is 93.5 cm³/mol. The first-order chi connectivity index (χ1) is 11.3. The first-order valence-corrected chi connectivity index (χ1v) is 8.48. The third-order valence-corrected chi connectivity index (χ3v) is 4.21. The fourth-order valence-electron chi connectivity index (χ4n) is 2.93. The number of aliphatic imine (C=N–C) groups is 1. The van der Waals surface area contributed by atoms with Gasteiger partial charge < -0.3 is 20.4 Å². The van der Waals surface area contributed by atoms with E-state index in [1.807, 2.05) is 0 Å². The van der Waals surface area contributed by atoms with Gasteiger partial charge in [0.05, 0.1) is 12.7 Å². The van der Waals surface area contributed by atoms with Crippen LogP contribution in [0.3, 0.4) is 0 Å². The monoisotopic (exact) mass is 335 g/mol. The Bertz CT molecular complexity index is 588. The normalized spacial score (nSPS) is 19.4. The molecular weight excluding hydrogens is 306 g/mol. The number of nitrogens with zero attached hydrogens (tertiary/aromatic N) is 3. The highest BCUT2D eigenvalue weighted by Gasteiger charge is 2.24. The highest BCUT2D eigenvalue weighted by Crippen LogP contribution is 2.23. The van der Waals surface area contributed by atoms with Gasteiger partial charge in [-0.15, -0.1) is 0 Å². The average Bonchev–Trinajstić information content (AvgIpc) is 2.97. The minimum Gasteiger partial charge on any atom is -0.443 e. The molecule has 0 spiro atoms. The molecule has 134 valence electrons. The van der Waals surface area contributed by atoms with E-state index in [1.54, 1.807) is 13.2 Å². The third kappa shape index (κ3) is 4.97. The van der Waals surface area contributed by atoms with E-state index in [4.69, 9.17) is 10.2 Å². The summed E-state index contributed by atoms with van der Waals surface area (Å²) in [5.41, 5.74) is 5.27. The Morgan fingerprint density at radius 1 is 1.54 bits per heavy atom. The van der Waals surface area contributed by atoms with Crippen LogP contribution >= 0.6 is 0 Å². The molecule has 1 aromatic rings. The van der Waals surface area contributed by atoms with Gasteiger partial charge in [0.1, 0.15) is 5.76 Å². The van der Waals surface area contributed by atoms with E-state index in [9.17, 15) is 4.79 Å². The number of primary amides is 1. The summed E-state index contributed by atoms with van der Waals surface area (Å²) < 4.78 is 5.80. The minimum absolute atomic E-state index is 0.0538. The minimum atomic E-state index is -0.237. The smallest absolute Gasteiger partial charge is 0.217 e. The number of nitrogens with two attached hydrogens (primary N) is 1. The number of hydrogen-bond acceptors (Lipinski definition) is 4. The van der Waals surface area contributed by atoms with E-state index in [2.05, 4.69) is 41.0 Å². The van der Waals surface area contributed by atoms with Crippen LogP contribution in [0.5, 0.6) is 0 Å². The predicted octanol–water partition coefficient (Wildman–Crippen LogP) is 1.63. The molecule has 0 saturated carbocycles. The number of oxazole rings is 1. The Labute approximate surface area is 143 Å². The Morgan fingerprint density at radius 3 is 2.88 bits per heavy atom. The summed E-state index contributed by atoms with van der Waals surface area (Å²) in [5, 5.41) is 3.30. The van der Waals surface area contributed by atoms with Gasteiger partial charge in [-0.05, 0) is 18.8 Å². The Hall–Kier alpha value is -2.05.